The van der Waals surface area contributed by atoms with E-state index < -0.39 is 0 Å². The van der Waals surface area contributed by atoms with E-state index in [9.17, 15) is 0 Å². The van der Waals surface area contributed by atoms with Crippen LogP contribution in [0.15, 0.2) is 18.2 Å². The molecule has 0 aliphatic rings. The lowest BCUT2D eigenvalue weighted by molar-refractivity contribution is -0.0379. The fraction of sp³-hybridized carbons (Fsp3) is 0.571. The molecule has 0 aromatic heterocycles. The molecule has 0 aliphatic carbocycles. The van der Waals surface area contributed by atoms with Crippen molar-refractivity contribution in [3.05, 3.63) is 28.8 Å². The minimum absolute atomic E-state index is 0.00565. The van der Waals surface area contributed by atoms with Crippen LogP contribution in [0.2, 0.25) is 5.02 Å². The summed E-state index contributed by atoms with van der Waals surface area (Å²) in [6.07, 6.45) is 0. The second-order valence-corrected chi connectivity index (χ2v) is 5.08. The van der Waals surface area contributed by atoms with E-state index in [0.717, 1.165) is 11.3 Å². The summed E-state index contributed by atoms with van der Waals surface area (Å²) in [7, 11) is 3.57. The van der Waals surface area contributed by atoms with Gasteiger partial charge in [0.2, 0.25) is 0 Å². The first-order chi connectivity index (χ1) is 8.46. The van der Waals surface area contributed by atoms with Crippen LogP contribution in [0.5, 0.6) is 5.75 Å². The molecule has 1 atom stereocenters. The largest absolute Gasteiger partial charge is 0.496 e. The van der Waals surface area contributed by atoms with E-state index in [0.29, 0.717) is 11.6 Å². The fourth-order valence-corrected chi connectivity index (χ4v) is 2.44. The summed E-state index contributed by atoms with van der Waals surface area (Å²) >= 11 is 6.08. The summed E-state index contributed by atoms with van der Waals surface area (Å²) in [5, 5.41) is 3.97. The highest BCUT2D eigenvalue weighted by molar-refractivity contribution is 6.30. The number of ether oxygens (including phenoxy) is 2. The van der Waals surface area contributed by atoms with Gasteiger partial charge in [-0.2, -0.15) is 0 Å². The van der Waals surface area contributed by atoms with Gasteiger partial charge in [0.1, 0.15) is 5.75 Å². The van der Waals surface area contributed by atoms with Crippen molar-refractivity contribution in [1.82, 2.24) is 5.32 Å². The summed E-state index contributed by atoms with van der Waals surface area (Å²) in [5.41, 5.74) is 0.660. The zero-order chi connectivity index (χ0) is 13.8. The molecule has 1 rings (SSSR count). The van der Waals surface area contributed by atoms with Gasteiger partial charge >= 0.3 is 0 Å². The lowest BCUT2D eigenvalue weighted by Gasteiger charge is -2.35. The third-order valence-corrected chi connectivity index (χ3v) is 3.24. The summed E-state index contributed by atoms with van der Waals surface area (Å²) in [5.74, 6) is 0.812. The van der Waals surface area contributed by atoms with E-state index in [1.165, 1.54) is 0 Å². The highest BCUT2D eigenvalue weighted by Gasteiger charge is 2.32. The van der Waals surface area contributed by atoms with Crippen molar-refractivity contribution >= 4 is 11.6 Å². The van der Waals surface area contributed by atoms with Gasteiger partial charge in [-0.15, -0.1) is 0 Å². The van der Waals surface area contributed by atoms with Crippen LogP contribution < -0.4 is 10.1 Å². The first-order valence-corrected chi connectivity index (χ1v) is 6.48. The lowest BCUT2D eigenvalue weighted by atomic mass is 9.91. The van der Waals surface area contributed by atoms with Gasteiger partial charge in [0.05, 0.1) is 18.8 Å². The van der Waals surface area contributed by atoms with Crippen LogP contribution in [0.1, 0.15) is 32.4 Å². The molecule has 0 heterocycles. The van der Waals surface area contributed by atoms with Crippen LogP contribution >= 0.6 is 11.6 Å². The minimum atomic E-state index is -0.346. The number of nitrogens with one attached hydrogen (secondary N) is 1. The van der Waals surface area contributed by atoms with Crippen molar-refractivity contribution in [3.63, 3.8) is 0 Å². The van der Waals surface area contributed by atoms with Gasteiger partial charge in [-0.25, -0.2) is 0 Å². The molecule has 4 heteroatoms. The second-order valence-electron chi connectivity index (χ2n) is 4.64. The van der Waals surface area contributed by atoms with Gasteiger partial charge in [-0.05, 0) is 46.0 Å². The van der Waals surface area contributed by atoms with E-state index in [4.69, 9.17) is 21.1 Å². The third-order valence-electron chi connectivity index (χ3n) is 3.00. The Labute approximate surface area is 114 Å². The average molecular weight is 272 g/mol. The molecule has 1 aromatic carbocycles. The van der Waals surface area contributed by atoms with Crippen LogP contribution in [-0.2, 0) is 4.74 Å². The Morgan fingerprint density at radius 2 is 2.06 bits per heavy atom. The smallest absolute Gasteiger partial charge is 0.123 e. The highest BCUT2D eigenvalue weighted by Crippen LogP contribution is 2.35. The van der Waals surface area contributed by atoms with Gasteiger partial charge in [0.15, 0.2) is 0 Å². The molecule has 18 heavy (non-hydrogen) atoms. The quantitative estimate of drug-likeness (QED) is 0.860. The Morgan fingerprint density at radius 3 is 2.56 bits per heavy atom. The monoisotopic (exact) mass is 271 g/mol. The number of rotatable bonds is 6. The average Bonchev–Trinajstić information content (AvgIpc) is 2.29. The molecule has 0 saturated heterocycles. The van der Waals surface area contributed by atoms with Crippen LogP contribution in [0.4, 0.5) is 0 Å². The van der Waals surface area contributed by atoms with E-state index >= 15 is 0 Å². The molecule has 3 nitrogen and oxygen atoms in total. The third kappa shape index (κ3) is 3.37. The zero-order valence-corrected chi connectivity index (χ0v) is 12.5. The fourth-order valence-electron chi connectivity index (χ4n) is 2.26. The number of hydrogen-bond donors (Lipinski definition) is 1. The maximum absolute atomic E-state index is 6.08. The molecule has 1 N–H and O–H groups in total. The molecular weight excluding hydrogens is 250 g/mol. The van der Waals surface area contributed by atoms with Crippen LogP contribution in [0, 0.1) is 0 Å². The standard InChI is InChI=1S/C14H22ClNO2/c1-6-18-14(2,3)13(16-4)11-9-10(15)7-8-12(11)17-5/h7-9,13,16H,6H2,1-5H3. The van der Waals surface area contributed by atoms with Crippen molar-refractivity contribution in [3.8, 4) is 5.75 Å². The van der Waals surface area contributed by atoms with Gasteiger partial charge < -0.3 is 14.8 Å². The van der Waals surface area contributed by atoms with E-state index in [-0.39, 0.29) is 11.6 Å². The summed E-state index contributed by atoms with van der Waals surface area (Å²) < 4.78 is 11.2. The Bertz CT molecular complexity index is 393. The van der Waals surface area contributed by atoms with E-state index in [2.05, 4.69) is 19.2 Å². The normalized spacial score (nSPS) is 13.4. The summed E-state index contributed by atoms with van der Waals surface area (Å²) in [6.45, 7) is 6.76. The van der Waals surface area contributed by atoms with Gasteiger partial charge in [0.25, 0.3) is 0 Å². The van der Waals surface area contributed by atoms with Crippen molar-refractivity contribution < 1.29 is 9.47 Å². The SMILES string of the molecule is CCOC(C)(C)C(NC)c1cc(Cl)ccc1OC. The van der Waals surface area contributed by atoms with Crippen LogP contribution in [-0.4, -0.2) is 26.4 Å². The van der Waals surface area contributed by atoms with Crippen LogP contribution in [0.3, 0.4) is 0 Å². The number of hydrogen-bond acceptors (Lipinski definition) is 3. The molecular formula is C14H22ClNO2. The lowest BCUT2D eigenvalue weighted by Crippen LogP contribution is -2.40. The maximum Gasteiger partial charge on any atom is 0.123 e. The Balaban J connectivity index is 3.19. The van der Waals surface area contributed by atoms with E-state index in [1.807, 2.05) is 32.2 Å². The molecule has 102 valence electrons. The summed E-state index contributed by atoms with van der Waals surface area (Å²) in [6, 6.07) is 5.63. The summed E-state index contributed by atoms with van der Waals surface area (Å²) in [4.78, 5) is 0. The van der Waals surface area contributed by atoms with Crippen LogP contribution in [0.25, 0.3) is 0 Å². The predicted octanol–water partition coefficient (Wildman–Crippen LogP) is 3.42. The number of benzene rings is 1. The first-order valence-electron chi connectivity index (χ1n) is 6.11. The maximum atomic E-state index is 6.08. The predicted molar refractivity (Wildman–Crippen MR) is 75.5 cm³/mol. The van der Waals surface area contributed by atoms with Gasteiger partial charge in [0, 0.05) is 17.2 Å². The van der Waals surface area contributed by atoms with Gasteiger partial charge in [-0.3, -0.25) is 0 Å². The second kappa shape index (κ2) is 6.41. The first kappa shape index (κ1) is 15.3. The van der Waals surface area contributed by atoms with Crippen molar-refractivity contribution in [1.29, 1.82) is 0 Å². The zero-order valence-electron chi connectivity index (χ0n) is 11.7. The van der Waals surface area contributed by atoms with Crippen molar-refractivity contribution in [2.45, 2.75) is 32.4 Å². The Morgan fingerprint density at radius 1 is 1.39 bits per heavy atom. The molecule has 1 aromatic rings. The Kier molecular flexibility index (Phi) is 5.45. The Hall–Kier alpha value is -0.770. The molecule has 0 aliphatic heterocycles. The van der Waals surface area contributed by atoms with Gasteiger partial charge in [-0.1, -0.05) is 11.6 Å². The molecule has 1 unspecified atom stereocenters. The molecule has 0 spiro atoms. The molecule has 0 bridgehead atoms. The molecule has 0 fully saturated rings. The van der Waals surface area contributed by atoms with E-state index in [1.54, 1.807) is 7.11 Å². The highest BCUT2D eigenvalue weighted by atomic mass is 35.5. The molecule has 0 radical (unpaired) electrons. The number of methoxy groups -OCH3 is 1. The number of halogens is 1. The topological polar surface area (TPSA) is 30.5 Å². The minimum Gasteiger partial charge on any atom is -0.496 e. The van der Waals surface area contributed by atoms with Crippen molar-refractivity contribution in [2.24, 2.45) is 0 Å². The number of likely N-dealkylation sites (N-methyl/N-ethyl adjacent to an activating group) is 1. The molecule has 0 amide bonds. The molecule has 0 saturated carbocycles. The van der Waals surface area contributed by atoms with Crippen molar-refractivity contribution in [2.75, 3.05) is 20.8 Å².